The Bertz CT molecular complexity index is 516. The summed E-state index contributed by atoms with van der Waals surface area (Å²) in [4.78, 5) is 25.6. The van der Waals surface area contributed by atoms with Gasteiger partial charge in [0, 0.05) is 18.3 Å². The largest absolute Gasteiger partial charge is 0.359 e. The van der Waals surface area contributed by atoms with Gasteiger partial charge in [-0.2, -0.15) is 0 Å². The highest BCUT2D eigenvalue weighted by Crippen LogP contribution is 2.31. The number of nitrogens with one attached hydrogen (secondary N) is 2. The first kappa shape index (κ1) is 15.4. The number of carbonyl (C=O) groups is 2. The van der Waals surface area contributed by atoms with E-state index in [0.717, 1.165) is 24.9 Å². The molecule has 1 aliphatic heterocycles. The van der Waals surface area contributed by atoms with Gasteiger partial charge in [0.05, 0.1) is 6.54 Å². The van der Waals surface area contributed by atoms with Crippen molar-refractivity contribution in [3.8, 4) is 0 Å². The number of unbranched alkanes of at least 4 members (excludes halogenated alkanes) is 1. The molecule has 5 nitrogen and oxygen atoms in total. The van der Waals surface area contributed by atoms with Crippen molar-refractivity contribution in [2.45, 2.75) is 39.2 Å². The fourth-order valence-corrected chi connectivity index (χ4v) is 2.61. The minimum atomic E-state index is -0.409. The number of benzene rings is 1. The van der Waals surface area contributed by atoms with Crippen LogP contribution in [0.4, 0.5) is 10.5 Å². The third-order valence-corrected chi connectivity index (χ3v) is 3.73. The summed E-state index contributed by atoms with van der Waals surface area (Å²) in [5.74, 6) is -0.271. The third-order valence-electron chi connectivity index (χ3n) is 3.73. The molecule has 1 aromatic carbocycles. The molecular formula is C16H23N3O2. The van der Waals surface area contributed by atoms with Gasteiger partial charge in [-0.25, -0.2) is 4.79 Å². The van der Waals surface area contributed by atoms with Gasteiger partial charge in [-0.15, -0.1) is 0 Å². The first-order valence-corrected chi connectivity index (χ1v) is 7.54. The Balaban J connectivity index is 1.87. The molecule has 0 saturated carbocycles. The quantitative estimate of drug-likeness (QED) is 0.816. The molecule has 0 saturated heterocycles. The average molecular weight is 289 g/mol. The van der Waals surface area contributed by atoms with Crippen LogP contribution in [-0.2, 0) is 11.2 Å². The summed E-state index contributed by atoms with van der Waals surface area (Å²) in [7, 11) is 0. The van der Waals surface area contributed by atoms with E-state index in [9.17, 15) is 9.59 Å². The summed E-state index contributed by atoms with van der Waals surface area (Å²) >= 11 is 0. The lowest BCUT2D eigenvalue weighted by Gasteiger charge is -2.23. The second-order valence-corrected chi connectivity index (χ2v) is 5.47. The summed E-state index contributed by atoms with van der Waals surface area (Å²) in [5, 5.41) is 5.07. The summed E-state index contributed by atoms with van der Waals surface area (Å²) < 4.78 is 0. The lowest BCUT2D eigenvalue weighted by atomic mass is 10.1. The van der Waals surface area contributed by atoms with E-state index in [0.29, 0.717) is 6.54 Å². The average Bonchev–Trinajstić information content (AvgIpc) is 2.75. The Morgan fingerprint density at radius 2 is 2.10 bits per heavy atom. The van der Waals surface area contributed by atoms with Crippen LogP contribution in [0.15, 0.2) is 24.3 Å². The van der Waals surface area contributed by atoms with E-state index in [-0.39, 0.29) is 18.5 Å². The molecule has 1 heterocycles. The molecule has 5 heteroatoms. The molecule has 0 fully saturated rings. The van der Waals surface area contributed by atoms with Crippen LogP contribution in [0.3, 0.4) is 0 Å². The van der Waals surface area contributed by atoms with Gasteiger partial charge in [-0.05, 0) is 31.4 Å². The molecule has 2 N–H and O–H groups in total. The van der Waals surface area contributed by atoms with Crippen LogP contribution in [0.25, 0.3) is 0 Å². The Kier molecular flexibility index (Phi) is 5.20. The van der Waals surface area contributed by atoms with Gasteiger partial charge in [-0.1, -0.05) is 31.5 Å². The van der Waals surface area contributed by atoms with Crippen molar-refractivity contribution in [1.82, 2.24) is 10.6 Å². The van der Waals surface area contributed by atoms with Gasteiger partial charge in [-0.3, -0.25) is 10.1 Å². The summed E-state index contributed by atoms with van der Waals surface area (Å²) in [5.41, 5.74) is 2.34. The molecule has 1 aromatic rings. The van der Waals surface area contributed by atoms with Crippen molar-refractivity contribution in [3.05, 3.63) is 29.8 Å². The van der Waals surface area contributed by atoms with E-state index in [1.54, 1.807) is 0 Å². The lowest BCUT2D eigenvalue weighted by molar-refractivity contribution is -0.118. The van der Waals surface area contributed by atoms with Crippen molar-refractivity contribution in [2.24, 2.45) is 0 Å². The zero-order chi connectivity index (χ0) is 15.2. The van der Waals surface area contributed by atoms with Crippen LogP contribution in [0, 0.1) is 0 Å². The van der Waals surface area contributed by atoms with E-state index in [1.165, 1.54) is 5.56 Å². The number of amides is 3. The lowest BCUT2D eigenvalue weighted by Crippen LogP contribution is -2.46. The SMILES string of the molecule is CCCCNC(=O)NC(=O)CN1c2ccccc2C[C@H]1C. The number of nitrogens with zero attached hydrogens (tertiary/aromatic N) is 1. The molecule has 0 aromatic heterocycles. The minimum absolute atomic E-state index is 0.208. The molecule has 0 spiro atoms. The van der Waals surface area contributed by atoms with E-state index in [2.05, 4.69) is 30.5 Å². The van der Waals surface area contributed by atoms with E-state index in [1.807, 2.05) is 23.1 Å². The number of rotatable bonds is 5. The smallest absolute Gasteiger partial charge is 0.321 e. The predicted molar refractivity (Wildman–Crippen MR) is 83.4 cm³/mol. The zero-order valence-corrected chi connectivity index (χ0v) is 12.7. The number of hydrogen-bond donors (Lipinski definition) is 2. The van der Waals surface area contributed by atoms with Gasteiger partial charge >= 0.3 is 6.03 Å². The van der Waals surface area contributed by atoms with Gasteiger partial charge in [0.1, 0.15) is 0 Å². The fourth-order valence-electron chi connectivity index (χ4n) is 2.61. The monoisotopic (exact) mass is 289 g/mol. The van der Waals surface area contributed by atoms with Gasteiger partial charge in [0.25, 0.3) is 0 Å². The van der Waals surface area contributed by atoms with Gasteiger partial charge < -0.3 is 10.2 Å². The van der Waals surface area contributed by atoms with Crippen molar-refractivity contribution < 1.29 is 9.59 Å². The Morgan fingerprint density at radius 1 is 1.33 bits per heavy atom. The first-order chi connectivity index (χ1) is 10.1. The highest BCUT2D eigenvalue weighted by Gasteiger charge is 2.27. The maximum absolute atomic E-state index is 12.0. The minimum Gasteiger partial charge on any atom is -0.359 e. The molecule has 1 aliphatic rings. The molecule has 0 radical (unpaired) electrons. The Labute approximate surface area is 125 Å². The molecule has 1 atom stereocenters. The predicted octanol–water partition coefficient (Wildman–Crippen LogP) is 2.06. The second-order valence-electron chi connectivity index (χ2n) is 5.47. The topological polar surface area (TPSA) is 61.4 Å². The number of para-hydroxylation sites is 1. The number of hydrogen-bond acceptors (Lipinski definition) is 3. The molecule has 3 amide bonds. The maximum atomic E-state index is 12.0. The molecule has 2 rings (SSSR count). The number of urea groups is 1. The number of anilines is 1. The number of fused-ring (bicyclic) bond motifs is 1. The maximum Gasteiger partial charge on any atom is 0.321 e. The van der Waals surface area contributed by atoms with Crippen LogP contribution in [0.5, 0.6) is 0 Å². The summed E-state index contributed by atoms with van der Waals surface area (Å²) in [6.07, 6.45) is 2.86. The molecule has 0 aliphatic carbocycles. The van der Waals surface area contributed by atoms with Crippen LogP contribution in [-0.4, -0.2) is 31.1 Å². The van der Waals surface area contributed by atoms with Crippen molar-refractivity contribution in [1.29, 1.82) is 0 Å². The van der Waals surface area contributed by atoms with Crippen molar-refractivity contribution in [2.75, 3.05) is 18.0 Å². The highest BCUT2D eigenvalue weighted by atomic mass is 16.2. The summed E-state index contributed by atoms with van der Waals surface area (Å²) in [6, 6.07) is 7.95. The second kappa shape index (κ2) is 7.11. The van der Waals surface area contributed by atoms with E-state index < -0.39 is 6.03 Å². The van der Waals surface area contributed by atoms with Gasteiger partial charge in [0.2, 0.25) is 5.91 Å². The van der Waals surface area contributed by atoms with Crippen LogP contribution < -0.4 is 15.5 Å². The zero-order valence-electron chi connectivity index (χ0n) is 12.7. The number of carbonyl (C=O) groups excluding carboxylic acids is 2. The molecule has 21 heavy (non-hydrogen) atoms. The van der Waals surface area contributed by atoms with E-state index in [4.69, 9.17) is 0 Å². The van der Waals surface area contributed by atoms with Crippen molar-refractivity contribution in [3.63, 3.8) is 0 Å². The fraction of sp³-hybridized carbons (Fsp3) is 0.500. The Hall–Kier alpha value is -2.04. The van der Waals surface area contributed by atoms with Gasteiger partial charge in [0.15, 0.2) is 0 Å². The molecule has 114 valence electrons. The summed E-state index contributed by atoms with van der Waals surface area (Å²) in [6.45, 7) is 4.95. The van der Waals surface area contributed by atoms with E-state index >= 15 is 0 Å². The highest BCUT2D eigenvalue weighted by molar-refractivity contribution is 5.96. The van der Waals surface area contributed by atoms with Crippen molar-refractivity contribution >= 4 is 17.6 Å². The first-order valence-electron chi connectivity index (χ1n) is 7.54. The van der Waals surface area contributed by atoms with Crippen LogP contribution in [0.1, 0.15) is 32.3 Å². The van der Waals surface area contributed by atoms with Crippen LogP contribution >= 0.6 is 0 Å². The number of imide groups is 1. The molecule has 0 unspecified atom stereocenters. The normalized spacial score (nSPS) is 16.5. The Morgan fingerprint density at radius 3 is 2.86 bits per heavy atom. The molecular weight excluding hydrogens is 266 g/mol. The molecule has 0 bridgehead atoms. The standard InChI is InChI=1S/C16H23N3O2/c1-3-4-9-17-16(21)18-15(20)11-19-12(2)10-13-7-5-6-8-14(13)19/h5-8,12H,3-4,9-11H2,1-2H3,(H2,17,18,20,21)/t12-/m1/s1. The third kappa shape index (κ3) is 3.97. The van der Waals surface area contributed by atoms with Crippen LogP contribution in [0.2, 0.25) is 0 Å².